The molecule has 0 aliphatic heterocycles. The second-order valence-electron chi connectivity index (χ2n) is 5.42. The Morgan fingerprint density at radius 1 is 1.16 bits per heavy atom. The van der Waals surface area contributed by atoms with E-state index in [0.29, 0.717) is 16.9 Å². The highest BCUT2D eigenvalue weighted by molar-refractivity contribution is 6.03. The van der Waals surface area contributed by atoms with E-state index in [1.54, 1.807) is 42.1 Å². The van der Waals surface area contributed by atoms with Crippen molar-refractivity contribution in [3.8, 4) is 17.5 Å². The van der Waals surface area contributed by atoms with Gasteiger partial charge in [-0.05, 0) is 61.5 Å². The third kappa shape index (κ3) is 3.51. The molecular formula is C19H16N4O2. The van der Waals surface area contributed by atoms with Crippen molar-refractivity contribution in [2.75, 3.05) is 12.4 Å². The molecule has 1 heterocycles. The van der Waals surface area contributed by atoms with Gasteiger partial charge in [0.2, 0.25) is 0 Å². The van der Waals surface area contributed by atoms with Crippen LogP contribution in [0.1, 0.15) is 21.7 Å². The Labute approximate surface area is 145 Å². The van der Waals surface area contributed by atoms with Gasteiger partial charge in [0.25, 0.3) is 5.91 Å². The molecule has 0 fully saturated rings. The lowest BCUT2D eigenvalue weighted by molar-refractivity contribution is 0.102. The zero-order chi connectivity index (χ0) is 17.8. The van der Waals surface area contributed by atoms with Gasteiger partial charge >= 0.3 is 0 Å². The topological polar surface area (TPSA) is 79.9 Å². The number of amides is 1. The van der Waals surface area contributed by atoms with Gasteiger partial charge in [-0.3, -0.25) is 4.79 Å². The Balaban J connectivity index is 1.80. The Kier molecular flexibility index (Phi) is 4.48. The van der Waals surface area contributed by atoms with Gasteiger partial charge in [0.15, 0.2) is 5.69 Å². The van der Waals surface area contributed by atoms with Gasteiger partial charge in [0.1, 0.15) is 5.75 Å². The van der Waals surface area contributed by atoms with E-state index in [2.05, 4.69) is 10.4 Å². The molecule has 1 aromatic heterocycles. The van der Waals surface area contributed by atoms with Crippen LogP contribution in [0.2, 0.25) is 0 Å². The fourth-order valence-electron chi connectivity index (χ4n) is 2.39. The summed E-state index contributed by atoms with van der Waals surface area (Å²) in [6.45, 7) is 1.88. The van der Waals surface area contributed by atoms with E-state index in [9.17, 15) is 4.79 Å². The number of carbonyl (C=O) groups is 1. The second-order valence-corrected chi connectivity index (χ2v) is 5.42. The fourth-order valence-corrected chi connectivity index (χ4v) is 2.39. The first-order valence-electron chi connectivity index (χ1n) is 7.63. The second kappa shape index (κ2) is 6.89. The lowest BCUT2D eigenvalue weighted by atomic mass is 10.2. The molecule has 6 heteroatoms. The molecule has 25 heavy (non-hydrogen) atoms. The highest BCUT2D eigenvalue weighted by Gasteiger charge is 2.13. The summed E-state index contributed by atoms with van der Waals surface area (Å²) >= 11 is 0. The number of nitrogens with one attached hydrogen (secondary N) is 1. The smallest absolute Gasteiger partial charge is 0.276 e. The zero-order valence-corrected chi connectivity index (χ0v) is 13.9. The SMILES string of the molecule is COc1ccc(-n2nc(C(=O)Nc3ccc(C#N)cc3)cc2C)cc1. The van der Waals surface area contributed by atoms with E-state index >= 15 is 0 Å². The van der Waals surface area contributed by atoms with Crippen LogP contribution in [0.5, 0.6) is 5.75 Å². The Hall–Kier alpha value is -3.59. The van der Waals surface area contributed by atoms with Gasteiger partial charge in [-0.1, -0.05) is 0 Å². The number of hydrogen-bond acceptors (Lipinski definition) is 4. The van der Waals surface area contributed by atoms with Crippen molar-refractivity contribution >= 4 is 11.6 Å². The van der Waals surface area contributed by atoms with Crippen LogP contribution in [-0.4, -0.2) is 22.8 Å². The number of rotatable bonds is 4. The van der Waals surface area contributed by atoms with Crippen LogP contribution >= 0.6 is 0 Å². The molecule has 0 aliphatic rings. The third-order valence-corrected chi connectivity index (χ3v) is 3.71. The molecule has 0 saturated heterocycles. The highest BCUT2D eigenvalue weighted by Crippen LogP contribution is 2.17. The lowest BCUT2D eigenvalue weighted by Gasteiger charge is -2.05. The third-order valence-electron chi connectivity index (χ3n) is 3.71. The zero-order valence-electron chi connectivity index (χ0n) is 13.9. The van der Waals surface area contributed by atoms with Crippen LogP contribution in [0.4, 0.5) is 5.69 Å². The van der Waals surface area contributed by atoms with E-state index in [1.165, 1.54) is 0 Å². The Morgan fingerprint density at radius 2 is 1.84 bits per heavy atom. The molecule has 0 radical (unpaired) electrons. The molecule has 0 aliphatic carbocycles. The minimum atomic E-state index is -0.305. The average molecular weight is 332 g/mol. The summed E-state index contributed by atoms with van der Waals surface area (Å²) in [5, 5.41) is 16.0. The van der Waals surface area contributed by atoms with Gasteiger partial charge in [0.05, 0.1) is 24.4 Å². The first-order valence-corrected chi connectivity index (χ1v) is 7.63. The minimum absolute atomic E-state index is 0.305. The first-order chi connectivity index (χ1) is 12.1. The van der Waals surface area contributed by atoms with Crippen molar-refractivity contribution < 1.29 is 9.53 Å². The molecule has 6 nitrogen and oxygen atoms in total. The van der Waals surface area contributed by atoms with Crippen molar-refractivity contribution in [2.45, 2.75) is 6.92 Å². The number of nitriles is 1. The highest BCUT2D eigenvalue weighted by atomic mass is 16.5. The van der Waals surface area contributed by atoms with Gasteiger partial charge in [-0.15, -0.1) is 0 Å². The molecule has 124 valence electrons. The predicted octanol–water partition coefficient (Wildman–Crippen LogP) is 3.31. The van der Waals surface area contributed by atoms with Gasteiger partial charge < -0.3 is 10.1 Å². The molecule has 3 rings (SSSR count). The molecule has 0 bridgehead atoms. The minimum Gasteiger partial charge on any atom is -0.497 e. The molecule has 2 aromatic carbocycles. The molecule has 0 spiro atoms. The number of methoxy groups -OCH3 is 1. The molecule has 1 amide bonds. The molecule has 0 saturated carbocycles. The fraction of sp³-hybridized carbons (Fsp3) is 0.105. The maximum absolute atomic E-state index is 12.4. The normalized spacial score (nSPS) is 10.1. The van der Waals surface area contributed by atoms with E-state index in [1.807, 2.05) is 37.3 Å². The van der Waals surface area contributed by atoms with Gasteiger partial charge in [0, 0.05) is 11.4 Å². The summed E-state index contributed by atoms with van der Waals surface area (Å²) in [4.78, 5) is 12.4. The van der Waals surface area contributed by atoms with Crippen LogP contribution in [0.25, 0.3) is 5.69 Å². The summed E-state index contributed by atoms with van der Waals surface area (Å²) in [5.74, 6) is 0.451. The maximum Gasteiger partial charge on any atom is 0.276 e. The number of carbonyl (C=O) groups excluding carboxylic acids is 1. The van der Waals surface area contributed by atoms with Crippen LogP contribution in [0, 0.1) is 18.3 Å². The molecular weight excluding hydrogens is 316 g/mol. The Bertz CT molecular complexity index is 935. The van der Waals surface area contributed by atoms with Crippen molar-refractivity contribution in [3.05, 3.63) is 71.5 Å². The summed E-state index contributed by atoms with van der Waals surface area (Å²) in [6.07, 6.45) is 0. The van der Waals surface area contributed by atoms with Crippen molar-refractivity contribution in [3.63, 3.8) is 0 Å². The Morgan fingerprint density at radius 3 is 2.44 bits per heavy atom. The summed E-state index contributed by atoms with van der Waals surface area (Å²) in [5.41, 5.74) is 3.15. The molecule has 1 N–H and O–H groups in total. The van der Waals surface area contributed by atoms with Crippen LogP contribution in [0.3, 0.4) is 0 Å². The van der Waals surface area contributed by atoms with Crippen LogP contribution < -0.4 is 10.1 Å². The largest absolute Gasteiger partial charge is 0.497 e. The number of ether oxygens (including phenoxy) is 1. The van der Waals surface area contributed by atoms with E-state index in [-0.39, 0.29) is 5.91 Å². The lowest BCUT2D eigenvalue weighted by Crippen LogP contribution is -2.13. The molecule has 3 aromatic rings. The van der Waals surface area contributed by atoms with Crippen LogP contribution in [-0.2, 0) is 0 Å². The van der Waals surface area contributed by atoms with E-state index in [0.717, 1.165) is 17.1 Å². The predicted molar refractivity (Wildman–Crippen MR) is 94.0 cm³/mol. The summed E-state index contributed by atoms with van der Waals surface area (Å²) in [6, 6.07) is 17.9. The van der Waals surface area contributed by atoms with Gasteiger partial charge in [-0.2, -0.15) is 10.4 Å². The number of benzene rings is 2. The number of hydrogen-bond donors (Lipinski definition) is 1. The number of aromatic nitrogens is 2. The molecule has 0 unspecified atom stereocenters. The summed E-state index contributed by atoms with van der Waals surface area (Å²) in [7, 11) is 1.61. The van der Waals surface area contributed by atoms with Crippen molar-refractivity contribution in [2.24, 2.45) is 0 Å². The quantitative estimate of drug-likeness (QED) is 0.795. The monoisotopic (exact) mass is 332 g/mol. The van der Waals surface area contributed by atoms with E-state index in [4.69, 9.17) is 10.00 Å². The van der Waals surface area contributed by atoms with Crippen molar-refractivity contribution in [1.82, 2.24) is 9.78 Å². The number of nitrogens with zero attached hydrogens (tertiary/aromatic N) is 3. The average Bonchev–Trinajstić information content (AvgIpc) is 3.04. The van der Waals surface area contributed by atoms with Gasteiger partial charge in [-0.25, -0.2) is 4.68 Å². The standard InChI is InChI=1S/C19H16N4O2/c1-13-11-18(19(24)21-15-5-3-14(12-20)4-6-15)22-23(13)16-7-9-17(25-2)10-8-16/h3-11H,1-2H3,(H,21,24). The van der Waals surface area contributed by atoms with E-state index < -0.39 is 0 Å². The number of aryl methyl sites for hydroxylation is 1. The number of anilines is 1. The van der Waals surface area contributed by atoms with Crippen LogP contribution in [0.15, 0.2) is 54.6 Å². The first kappa shape index (κ1) is 16.3. The maximum atomic E-state index is 12.4. The molecule has 0 atom stereocenters. The van der Waals surface area contributed by atoms with Crippen molar-refractivity contribution in [1.29, 1.82) is 5.26 Å². The summed E-state index contributed by atoms with van der Waals surface area (Å²) < 4.78 is 6.85.